The molecule has 2 rings (SSSR count). The maximum atomic E-state index is 12.1. The van der Waals surface area contributed by atoms with E-state index in [4.69, 9.17) is 0 Å². The molecule has 1 aliphatic rings. The van der Waals surface area contributed by atoms with Crippen molar-refractivity contribution in [3.05, 3.63) is 29.8 Å². The molecule has 0 saturated carbocycles. The SMILES string of the molecule is Cc1ccc(S(=O)(=O)NCCCCCN2CCCCC2)cc1. The first-order chi connectivity index (χ1) is 10.6. The van der Waals surface area contributed by atoms with Crippen LogP contribution in [0.4, 0.5) is 0 Å². The number of sulfonamides is 1. The van der Waals surface area contributed by atoms with E-state index in [0.29, 0.717) is 11.4 Å². The van der Waals surface area contributed by atoms with E-state index in [1.165, 1.54) is 32.4 Å². The van der Waals surface area contributed by atoms with E-state index in [-0.39, 0.29) is 0 Å². The summed E-state index contributed by atoms with van der Waals surface area (Å²) < 4.78 is 26.9. The van der Waals surface area contributed by atoms with Crippen LogP contribution in [0.25, 0.3) is 0 Å². The fourth-order valence-corrected chi connectivity index (χ4v) is 3.90. The molecule has 1 fully saturated rings. The van der Waals surface area contributed by atoms with Gasteiger partial charge in [-0.3, -0.25) is 0 Å². The summed E-state index contributed by atoms with van der Waals surface area (Å²) in [5, 5.41) is 0. The van der Waals surface area contributed by atoms with Gasteiger partial charge in [-0.1, -0.05) is 30.5 Å². The predicted octanol–water partition coefficient (Wildman–Crippen LogP) is 2.93. The van der Waals surface area contributed by atoms with Gasteiger partial charge >= 0.3 is 0 Å². The minimum Gasteiger partial charge on any atom is -0.303 e. The lowest BCUT2D eigenvalue weighted by Crippen LogP contribution is -2.30. The lowest BCUT2D eigenvalue weighted by Gasteiger charge is -2.26. The lowest BCUT2D eigenvalue weighted by atomic mass is 10.1. The number of hydrogen-bond acceptors (Lipinski definition) is 3. The Kier molecular flexibility index (Phi) is 6.86. The van der Waals surface area contributed by atoms with Gasteiger partial charge in [-0.05, 0) is 64.4 Å². The van der Waals surface area contributed by atoms with Gasteiger partial charge in [0.05, 0.1) is 4.90 Å². The van der Waals surface area contributed by atoms with Crippen molar-refractivity contribution in [1.82, 2.24) is 9.62 Å². The Morgan fingerprint density at radius 1 is 1.00 bits per heavy atom. The zero-order valence-electron chi connectivity index (χ0n) is 13.6. The summed E-state index contributed by atoms with van der Waals surface area (Å²) in [4.78, 5) is 2.88. The van der Waals surface area contributed by atoms with Crippen LogP contribution in [0.5, 0.6) is 0 Å². The van der Waals surface area contributed by atoms with Crippen molar-refractivity contribution < 1.29 is 8.42 Å². The summed E-state index contributed by atoms with van der Waals surface area (Å²) in [7, 11) is -3.35. The third kappa shape index (κ3) is 5.71. The zero-order valence-corrected chi connectivity index (χ0v) is 14.4. The van der Waals surface area contributed by atoms with Crippen molar-refractivity contribution in [2.45, 2.75) is 50.3 Å². The molecule has 0 bridgehead atoms. The highest BCUT2D eigenvalue weighted by atomic mass is 32.2. The second kappa shape index (κ2) is 8.65. The average molecular weight is 324 g/mol. The van der Waals surface area contributed by atoms with Gasteiger partial charge in [0, 0.05) is 6.54 Å². The molecular weight excluding hydrogens is 296 g/mol. The number of piperidine rings is 1. The predicted molar refractivity (Wildman–Crippen MR) is 90.5 cm³/mol. The summed E-state index contributed by atoms with van der Waals surface area (Å²) in [5.74, 6) is 0. The Bertz CT molecular complexity index is 534. The molecule has 1 heterocycles. The highest BCUT2D eigenvalue weighted by Crippen LogP contribution is 2.11. The molecule has 1 saturated heterocycles. The first kappa shape index (κ1) is 17.4. The number of aryl methyl sites for hydroxylation is 1. The third-order valence-electron chi connectivity index (χ3n) is 4.22. The number of benzene rings is 1. The molecule has 5 heteroatoms. The summed E-state index contributed by atoms with van der Waals surface area (Å²) in [6.45, 7) is 6.10. The van der Waals surface area contributed by atoms with Crippen LogP contribution in [0.15, 0.2) is 29.2 Å². The van der Waals surface area contributed by atoms with Gasteiger partial charge in [-0.25, -0.2) is 13.1 Å². The van der Waals surface area contributed by atoms with E-state index >= 15 is 0 Å². The van der Waals surface area contributed by atoms with Crippen LogP contribution in [0.1, 0.15) is 44.1 Å². The number of nitrogens with one attached hydrogen (secondary N) is 1. The number of rotatable bonds is 8. The Hall–Kier alpha value is -0.910. The van der Waals surface area contributed by atoms with Crippen LogP contribution in [-0.2, 0) is 10.0 Å². The minimum absolute atomic E-state index is 0.353. The molecule has 0 amide bonds. The number of likely N-dealkylation sites (tertiary alicyclic amines) is 1. The van der Waals surface area contributed by atoms with Gasteiger partial charge in [-0.15, -0.1) is 0 Å². The van der Waals surface area contributed by atoms with Crippen molar-refractivity contribution in [3.63, 3.8) is 0 Å². The van der Waals surface area contributed by atoms with E-state index in [0.717, 1.165) is 31.4 Å². The Labute approximate surface area is 135 Å². The number of unbranched alkanes of at least 4 members (excludes halogenated alkanes) is 2. The Balaban J connectivity index is 1.62. The number of nitrogens with zero attached hydrogens (tertiary/aromatic N) is 1. The van der Waals surface area contributed by atoms with Gasteiger partial charge in [0.1, 0.15) is 0 Å². The quantitative estimate of drug-likeness (QED) is 0.748. The summed E-state index contributed by atoms with van der Waals surface area (Å²) >= 11 is 0. The van der Waals surface area contributed by atoms with Crippen LogP contribution in [0, 0.1) is 6.92 Å². The molecule has 4 nitrogen and oxygen atoms in total. The summed E-state index contributed by atoms with van der Waals surface area (Å²) in [6, 6.07) is 6.97. The van der Waals surface area contributed by atoms with E-state index in [1.54, 1.807) is 12.1 Å². The van der Waals surface area contributed by atoms with Crippen molar-refractivity contribution in [3.8, 4) is 0 Å². The Morgan fingerprint density at radius 2 is 1.68 bits per heavy atom. The van der Waals surface area contributed by atoms with Crippen LogP contribution in [-0.4, -0.2) is 39.5 Å². The Morgan fingerprint density at radius 3 is 2.36 bits per heavy atom. The maximum Gasteiger partial charge on any atom is 0.240 e. The van der Waals surface area contributed by atoms with Gasteiger partial charge in [0.25, 0.3) is 0 Å². The van der Waals surface area contributed by atoms with Crippen molar-refractivity contribution >= 4 is 10.0 Å². The second-order valence-electron chi connectivity index (χ2n) is 6.17. The first-order valence-electron chi connectivity index (χ1n) is 8.37. The van der Waals surface area contributed by atoms with Crippen LogP contribution < -0.4 is 4.72 Å². The van der Waals surface area contributed by atoms with E-state index in [2.05, 4.69) is 9.62 Å². The van der Waals surface area contributed by atoms with Gasteiger partial charge in [0.15, 0.2) is 0 Å². The molecule has 1 aromatic carbocycles. The fourth-order valence-electron chi connectivity index (χ4n) is 2.83. The van der Waals surface area contributed by atoms with Gasteiger partial charge in [0.2, 0.25) is 10.0 Å². The van der Waals surface area contributed by atoms with Crippen molar-refractivity contribution in [2.75, 3.05) is 26.2 Å². The average Bonchev–Trinajstić information content (AvgIpc) is 2.52. The largest absolute Gasteiger partial charge is 0.303 e. The molecule has 0 atom stereocenters. The molecule has 124 valence electrons. The standard InChI is InChI=1S/C17H28N2O2S/c1-16-8-10-17(11-9-16)22(20,21)18-12-4-2-5-13-19-14-6-3-7-15-19/h8-11,18H,2-7,12-15H2,1H3. The van der Waals surface area contributed by atoms with Crippen LogP contribution >= 0.6 is 0 Å². The summed E-state index contributed by atoms with van der Waals surface area (Å²) in [6.07, 6.45) is 7.17. The number of hydrogen-bond donors (Lipinski definition) is 1. The monoisotopic (exact) mass is 324 g/mol. The van der Waals surface area contributed by atoms with Crippen LogP contribution in [0.3, 0.4) is 0 Å². The molecule has 0 aromatic heterocycles. The highest BCUT2D eigenvalue weighted by Gasteiger charge is 2.12. The molecule has 0 spiro atoms. The molecule has 0 aliphatic carbocycles. The van der Waals surface area contributed by atoms with E-state index in [1.807, 2.05) is 19.1 Å². The molecular formula is C17H28N2O2S. The van der Waals surface area contributed by atoms with Gasteiger partial charge < -0.3 is 4.90 Å². The first-order valence-corrected chi connectivity index (χ1v) is 9.85. The van der Waals surface area contributed by atoms with Gasteiger partial charge in [-0.2, -0.15) is 0 Å². The lowest BCUT2D eigenvalue weighted by molar-refractivity contribution is 0.224. The smallest absolute Gasteiger partial charge is 0.240 e. The van der Waals surface area contributed by atoms with E-state index in [9.17, 15) is 8.42 Å². The van der Waals surface area contributed by atoms with Crippen molar-refractivity contribution in [2.24, 2.45) is 0 Å². The second-order valence-corrected chi connectivity index (χ2v) is 7.94. The molecule has 1 aromatic rings. The zero-order chi connectivity index (χ0) is 15.8. The molecule has 0 unspecified atom stereocenters. The maximum absolute atomic E-state index is 12.1. The third-order valence-corrected chi connectivity index (χ3v) is 5.70. The van der Waals surface area contributed by atoms with E-state index < -0.39 is 10.0 Å². The normalized spacial score (nSPS) is 16.8. The highest BCUT2D eigenvalue weighted by molar-refractivity contribution is 7.89. The summed E-state index contributed by atoms with van der Waals surface area (Å²) in [5.41, 5.74) is 1.07. The molecule has 1 aliphatic heterocycles. The molecule has 1 N–H and O–H groups in total. The fraction of sp³-hybridized carbons (Fsp3) is 0.647. The minimum atomic E-state index is -3.35. The topological polar surface area (TPSA) is 49.4 Å². The molecule has 0 radical (unpaired) electrons. The van der Waals surface area contributed by atoms with Crippen molar-refractivity contribution in [1.29, 1.82) is 0 Å². The van der Waals surface area contributed by atoms with Crippen LogP contribution in [0.2, 0.25) is 0 Å². The molecule has 22 heavy (non-hydrogen) atoms.